The Morgan fingerprint density at radius 2 is 1.95 bits per heavy atom. The molecule has 3 nitrogen and oxygen atoms in total. The highest BCUT2D eigenvalue weighted by molar-refractivity contribution is 6.30. The third kappa shape index (κ3) is 3.16. The Bertz CT molecular complexity index is 451. The Labute approximate surface area is 116 Å². The van der Waals surface area contributed by atoms with E-state index in [0.717, 1.165) is 0 Å². The van der Waals surface area contributed by atoms with Crippen LogP contribution in [0.1, 0.15) is 17.2 Å². The molecule has 0 aromatic heterocycles. The van der Waals surface area contributed by atoms with Gasteiger partial charge in [-0.1, -0.05) is 11.6 Å². The molecule has 0 bridgehead atoms. The standard InChI is InChI=1S/C13H17ClF2N2O/c1-8-6-9(14)7-10(12(8)19)11(13(15)16)18-4-2-17-3-5-18/h6-7,11,13,17,19H,2-5H2,1H3/t11-/m0/s1. The quantitative estimate of drug-likeness (QED) is 0.898. The Balaban J connectivity index is 2.38. The third-order valence-corrected chi connectivity index (χ3v) is 3.62. The summed E-state index contributed by atoms with van der Waals surface area (Å²) < 4.78 is 26.8. The first kappa shape index (κ1) is 14.5. The topological polar surface area (TPSA) is 35.5 Å². The summed E-state index contributed by atoms with van der Waals surface area (Å²) in [5.74, 6) is -0.0896. The van der Waals surface area contributed by atoms with Crippen molar-refractivity contribution in [2.24, 2.45) is 0 Å². The maximum Gasteiger partial charge on any atom is 0.258 e. The molecule has 6 heteroatoms. The van der Waals surface area contributed by atoms with E-state index in [0.29, 0.717) is 36.8 Å². The summed E-state index contributed by atoms with van der Waals surface area (Å²) in [6, 6.07) is 1.89. The molecule has 0 unspecified atom stereocenters. The summed E-state index contributed by atoms with van der Waals surface area (Å²) in [4.78, 5) is 1.69. The molecule has 0 aliphatic carbocycles. The molecule has 19 heavy (non-hydrogen) atoms. The van der Waals surface area contributed by atoms with Gasteiger partial charge in [0, 0.05) is 36.8 Å². The SMILES string of the molecule is Cc1cc(Cl)cc([C@@H](C(F)F)N2CCNCC2)c1O. The number of phenolic OH excluding ortho intramolecular Hbond substituents is 1. The summed E-state index contributed by atoms with van der Waals surface area (Å²) in [6.45, 7) is 4.05. The van der Waals surface area contributed by atoms with E-state index in [-0.39, 0.29) is 11.3 Å². The van der Waals surface area contributed by atoms with E-state index in [4.69, 9.17) is 11.6 Å². The number of piperazine rings is 1. The molecule has 106 valence electrons. The number of phenols is 1. The van der Waals surface area contributed by atoms with Crippen LogP contribution in [-0.2, 0) is 0 Å². The van der Waals surface area contributed by atoms with E-state index in [1.165, 1.54) is 6.07 Å². The second kappa shape index (κ2) is 6.03. The number of hydrogen-bond donors (Lipinski definition) is 2. The highest BCUT2D eigenvalue weighted by Crippen LogP contribution is 2.37. The van der Waals surface area contributed by atoms with Crippen LogP contribution in [0, 0.1) is 6.92 Å². The predicted molar refractivity (Wildman–Crippen MR) is 71.0 cm³/mol. The lowest BCUT2D eigenvalue weighted by molar-refractivity contribution is 0.0170. The molecule has 1 aromatic rings. The molecule has 0 amide bonds. The molecule has 0 spiro atoms. The summed E-state index contributed by atoms with van der Waals surface area (Å²) in [6.07, 6.45) is -2.57. The lowest BCUT2D eigenvalue weighted by atomic mass is 10.0. The van der Waals surface area contributed by atoms with Gasteiger partial charge in [0.15, 0.2) is 0 Å². The van der Waals surface area contributed by atoms with Crippen LogP contribution < -0.4 is 5.32 Å². The summed E-state index contributed by atoms with van der Waals surface area (Å²) in [7, 11) is 0. The van der Waals surface area contributed by atoms with Crippen molar-refractivity contribution in [2.75, 3.05) is 26.2 Å². The van der Waals surface area contributed by atoms with E-state index in [1.807, 2.05) is 0 Å². The van der Waals surface area contributed by atoms with Crippen molar-refractivity contribution >= 4 is 11.6 Å². The molecule has 1 heterocycles. The van der Waals surface area contributed by atoms with E-state index in [9.17, 15) is 13.9 Å². The molecule has 1 atom stereocenters. The molecule has 1 aromatic carbocycles. The second-order valence-electron chi connectivity index (χ2n) is 4.73. The van der Waals surface area contributed by atoms with Crippen LogP contribution in [0.3, 0.4) is 0 Å². The number of aromatic hydroxyl groups is 1. The summed E-state index contributed by atoms with van der Waals surface area (Å²) >= 11 is 5.92. The zero-order valence-corrected chi connectivity index (χ0v) is 11.4. The van der Waals surface area contributed by atoms with E-state index in [2.05, 4.69) is 5.32 Å². The van der Waals surface area contributed by atoms with Crippen LogP contribution in [0.25, 0.3) is 0 Å². The van der Waals surface area contributed by atoms with Gasteiger partial charge in [0.05, 0.1) is 0 Å². The molecule has 1 fully saturated rings. The molecule has 0 saturated carbocycles. The van der Waals surface area contributed by atoms with Crippen LogP contribution in [-0.4, -0.2) is 42.6 Å². The van der Waals surface area contributed by atoms with E-state index >= 15 is 0 Å². The van der Waals surface area contributed by atoms with Gasteiger partial charge in [0.1, 0.15) is 11.8 Å². The van der Waals surface area contributed by atoms with Gasteiger partial charge in [-0.3, -0.25) is 4.90 Å². The Kier molecular flexibility index (Phi) is 4.60. The molecule has 0 radical (unpaired) electrons. The molecule has 1 saturated heterocycles. The Hall–Kier alpha value is -0.910. The van der Waals surface area contributed by atoms with Crippen molar-refractivity contribution in [1.29, 1.82) is 0 Å². The maximum absolute atomic E-state index is 13.4. The average molecular weight is 291 g/mol. The smallest absolute Gasteiger partial charge is 0.258 e. The molecule has 2 N–H and O–H groups in total. The van der Waals surface area contributed by atoms with Crippen molar-refractivity contribution in [3.63, 3.8) is 0 Å². The number of rotatable bonds is 3. The van der Waals surface area contributed by atoms with Gasteiger partial charge in [-0.25, -0.2) is 8.78 Å². The lowest BCUT2D eigenvalue weighted by Gasteiger charge is -2.35. The number of benzene rings is 1. The van der Waals surface area contributed by atoms with Gasteiger partial charge >= 0.3 is 0 Å². The number of nitrogens with zero attached hydrogens (tertiary/aromatic N) is 1. The van der Waals surface area contributed by atoms with Crippen molar-refractivity contribution in [3.05, 3.63) is 28.3 Å². The normalized spacial score (nSPS) is 18.8. The van der Waals surface area contributed by atoms with Crippen LogP contribution >= 0.6 is 11.6 Å². The van der Waals surface area contributed by atoms with Crippen LogP contribution in [0.2, 0.25) is 5.02 Å². The largest absolute Gasteiger partial charge is 0.507 e. The highest BCUT2D eigenvalue weighted by Gasteiger charge is 2.32. The first-order valence-electron chi connectivity index (χ1n) is 6.22. The summed E-state index contributed by atoms with van der Waals surface area (Å²) in [5, 5.41) is 13.5. The molecular weight excluding hydrogens is 274 g/mol. The van der Waals surface area contributed by atoms with Gasteiger partial charge in [-0.2, -0.15) is 0 Å². The van der Waals surface area contributed by atoms with Crippen molar-refractivity contribution in [2.45, 2.75) is 19.4 Å². The molecular formula is C13H17ClF2N2O. The van der Waals surface area contributed by atoms with E-state index in [1.54, 1.807) is 17.9 Å². The molecule has 1 aliphatic rings. The van der Waals surface area contributed by atoms with Gasteiger partial charge in [0.2, 0.25) is 0 Å². The monoisotopic (exact) mass is 290 g/mol. The highest BCUT2D eigenvalue weighted by atomic mass is 35.5. The minimum atomic E-state index is -2.57. The minimum Gasteiger partial charge on any atom is -0.507 e. The first-order chi connectivity index (χ1) is 9.00. The zero-order chi connectivity index (χ0) is 14.0. The Morgan fingerprint density at radius 3 is 2.53 bits per heavy atom. The lowest BCUT2D eigenvalue weighted by Crippen LogP contribution is -2.46. The summed E-state index contributed by atoms with van der Waals surface area (Å²) in [5.41, 5.74) is 0.727. The number of nitrogens with one attached hydrogen (secondary N) is 1. The van der Waals surface area contributed by atoms with Gasteiger partial charge in [0.25, 0.3) is 6.43 Å². The second-order valence-corrected chi connectivity index (χ2v) is 5.16. The van der Waals surface area contributed by atoms with Gasteiger partial charge in [-0.05, 0) is 24.6 Å². The maximum atomic E-state index is 13.4. The van der Waals surface area contributed by atoms with Crippen molar-refractivity contribution in [3.8, 4) is 5.75 Å². The molecule has 2 rings (SSSR count). The van der Waals surface area contributed by atoms with Crippen LogP contribution in [0.5, 0.6) is 5.75 Å². The van der Waals surface area contributed by atoms with Crippen LogP contribution in [0.4, 0.5) is 8.78 Å². The van der Waals surface area contributed by atoms with Crippen LogP contribution in [0.15, 0.2) is 12.1 Å². The Morgan fingerprint density at radius 1 is 1.32 bits per heavy atom. The van der Waals surface area contributed by atoms with Gasteiger partial charge in [-0.15, -0.1) is 0 Å². The van der Waals surface area contributed by atoms with Crippen molar-refractivity contribution < 1.29 is 13.9 Å². The number of alkyl halides is 2. The fourth-order valence-corrected chi connectivity index (χ4v) is 2.72. The number of aryl methyl sites for hydroxylation is 1. The minimum absolute atomic E-state index is 0.0896. The van der Waals surface area contributed by atoms with E-state index < -0.39 is 12.5 Å². The van der Waals surface area contributed by atoms with Crippen molar-refractivity contribution in [1.82, 2.24) is 10.2 Å². The predicted octanol–water partition coefficient (Wildman–Crippen LogP) is 2.57. The average Bonchev–Trinajstić information content (AvgIpc) is 2.36. The molecule has 1 aliphatic heterocycles. The van der Waals surface area contributed by atoms with Gasteiger partial charge < -0.3 is 10.4 Å². The third-order valence-electron chi connectivity index (χ3n) is 3.40. The first-order valence-corrected chi connectivity index (χ1v) is 6.60. The number of halogens is 3. The fourth-order valence-electron chi connectivity index (χ4n) is 2.44. The fraction of sp³-hybridized carbons (Fsp3) is 0.538. The number of hydrogen-bond acceptors (Lipinski definition) is 3. The zero-order valence-electron chi connectivity index (χ0n) is 10.7.